The zero-order valence-corrected chi connectivity index (χ0v) is 27.6. The molecule has 0 radical (unpaired) electrons. The van der Waals surface area contributed by atoms with Gasteiger partial charge in [0.2, 0.25) is 5.91 Å². The maximum atomic E-state index is 13.8. The maximum Gasteiger partial charge on any atom is 0.324 e. The van der Waals surface area contributed by atoms with Gasteiger partial charge in [-0.05, 0) is 50.7 Å². The summed E-state index contributed by atoms with van der Waals surface area (Å²) in [4.78, 5) is 39.2. The number of hydrogen-bond donors (Lipinski definition) is 0. The minimum Gasteiger partial charge on any atom is -0.493 e. The zero-order valence-electron chi connectivity index (χ0n) is 26.8. The molecule has 3 amide bonds. The Bertz CT molecular complexity index is 1480. The third-order valence-electron chi connectivity index (χ3n) is 8.30. The van der Waals surface area contributed by atoms with Gasteiger partial charge in [-0.1, -0.05) is 31.4 Å². The Kier molecular flexibility index (Phi) is 11.1. The topological polar surface area (TPSA) is 92.6 Å². The number of amides is 3. The highest BCUT2D eigenvalue weighted by molar-refractivity contribution is 6.35. The lowest BCUT2D eigenvalue weighted by molar-refractivity contribution is -0.139. The zero-order chi connectivity index (χ0) is 31.9. The van der Waals surface area contributed by atoms with Gasteiger partial charge >= 0.3 is 6.03 Å². The second-order valence-corrected chi connectivity index (χ2v) is 12.4. The fourth-order valence-electron chi connectivity index (χ4n) is 6.05. The minimum atomic E-state index is -0.0846. The fourth-order valence-corrected chi connectivity index (χ4v) is 6.37. The third-order valence-corrected chi connectivity index (χ3v) is 8.59. The first-order valence-corrected chi connectivity index (χ1v) is 16.2. The predicted octanol–water partition coefficient (Wildman–Crippen LogP) is 4.89. The van der Waals surface area contributed by atoms with Gasteiger partial charge in [0.25, 0.3) is 0 Å². The first-order valence-electron chi connectivity index (χ1n) is 15.8. The predicted molar refractivity (Wildman–Crippen MR) is 175 cm³/mol. The van der Waals surface area contributed by atoms with Crippen molar-refractivity contribution < 1.29 is 23.8 Å². The molecule has 11 nitrogen and oxygen atoms in total. The number of rotatable bonds is 13. The molecule has 3 aromatic rings. The van der Waals surface area contributed by atoms with Gasteiger partial charge in [0.05, 0.1) is 31.5 Å². The number of nitrogens with zero attached hydrogens (tertiary/aromatic N) is 6. The Morgan fingerprint density at radius 3 is 2.78 bits per heavy atom. The molecule has 2 saturated heterocycles. The molecule has 12 heteroatoms. The molecular weight excluding hydrogens is 596 g/mol. The van der Waals surface area contributed by atoms with Gasteiger partial charge in [0.1, 0.15) is 12.2 Å². The number of methoxy groups -OCH3 is 1. The van der Waals surface area contributed by atoms with Crippen LogP contribution in [-0.4, -0.2) is 109 Å². The normalized spacial score (nSPS) is 17.4. The van der Waals surface area contributed by atoms with Crippen LogP contribution in [0.4, 0.5) is 10.5 Å². The van der Waals surface area contributed by atoms with Crippen molar-refractivity contribution in [1.82, 2.24) is 24.3 Å². The lowest BCUT2D eigenvalue weighted by Gasteiger charge is -2.36. The highest BCUT2D eigenvalue weighted by Gasteiger charge is 2.29. The average molecular weight is 641 g/mol. The molecule has 1 atom stereocenters. The molecule has 0 spiro atoms. The van der Waals surface area contributed by atoms with E-state index in [-0.39, 0.29) is 24.6 Å². The van der Waals surface area contributed by atoms with E-state index in [4.69, 9.17) is 25.8 Å². The van der Waals surface area contributed by atoms with Crippen molar-refractivity contribution in [3.8, 4) is 11.5 Å². The molecule has 2 fully saturated rings. The molecule has 4 heterocycles. The number of halogens is 1. The smallest absolute Gasteiger partial charge is 0.324 e. The number of ether oxygens (including phenoxy) is 3. The standard InChI is InChI=1S/C33H45ClN6O5/c1-5-6-7-16-45-29-18-25(9-10-28(29)43-4)40-14-8-13-38(33(40)42)19-24-11-12-35-32-31(24)27(34)22-39(32)23-30(41)37-15-17-44-26(21-37)20-36(2)3/h9-12,18,22,26H,5-8,13-17,19-21,23H2,1-4H3/t26-/m0/s1. The SMILES string of the molecule is CCCCCOc1cc(N2CCCN(Cc3ccnc4c3c(Cl)cn4CC(=O)N3CCO[C@@H](CN(C)C)C3)C2=O)ccc1OC. The Labute approximate surface area is 270 Å². The molecule has 2 aliphatic heterocycles. The summed E-state index contributed by atoms with van der Waals surface area (Å²) in [5.74, 6) is 1.29. The number of carbonyl (C=O) groups excluding carboxylic acids is 2. The number of anilines is 1. The summed E-state index contributed by atoms with van der Waals surface area (Å²) in [7, 11) is 5.61. The molecule has 0 aliphatic carbocycles. The van der Waals surface area contributed by atoms with E-state index in [9.17, 15) is 9.59 Å². The van der Waals surface area contributed by atoms with E-state index in [1.165, 1.54) is 0 Å². The number of unbranched alkanes of at least 4 members (excludes halogenated alkanes) is 2. The fraction of sp³-hybridized carbons (Fsp3) is 0.545. The van der Waals surface area contributed by atoms with Crippen molar-refractivity contribution in [1.29, 1.82) is 0 Å². The summed E-state index contributed by atoms with van der Waals surface area (Å²) in [5, 5.41) is 1.27. The number of pyridine rings is 1. The van der Waals surface area contributed by atoms with Gasteiger partial charge in [0, 0.05) is 68.8 Å². The van der Waals surface area contributed by atoms with Crippen molar-refractivity contribution in [2.75, 3.05) is 72.0 Å². The van der Waals surface area contributed by atoms with E-state index in [0.29, 0.717) is 68.1 Å². The summed E-state index contributed by atoms with van der Waals surface area (Å²) >= 11 is 6.77. The van der Waals surface area contributed by atoms with Crippen LogP contribution in [0.5, 0.6) is 11.5 Å². The van der Waals surface area contributed by atoms with E-state index in [1.807, 2.05) is 52.7 Å². The van der Waals surface area contributed by atoms with E-state index >= 15 is 0 Å². The highest BCUT2D eigenvalue weighted by Crippen LogP contribution is 2.34. The number of likely N-dealkylation sites (N-methyl/N-ethyl adjacent to an activating group) is 1. The van der Waals surface area contributed by atoms with E-state index in [0.717, 1.165) is 48.9 Å². The van der Waals surface area contributed by atoms with Gasteiger partial charge in [-0.15, -0.1) is 0 Å². The van der Waals surface area contributed by atoms with Gasteiger partial charge in [-0.2, -0.15) is 0 Å². The molecule has 2 aromatic heterocycles. The second kappa shape index (κ2) is 15.2. The van der Waals surface area contributed by atoms with Crippen LogP contribution in [0, 0.1) is 0 Å². The minimum absolute atomic E-state index is 0.00196. The molecule has 0 bridgehead atoms. The second-order valence-electron chi connectivity index (χ2n) is 12.0. The Morgan fingerprint density at radius 1 is 1.16 bits per heavy atom. The van der Waals surface area contributed by atoms with Crippen LogP contribution in [0.25, 0.3) is 11.0 Å². The summed E-state index contributed by atoms with van der Waals surface area (Å²) in [5.41, 5.74) is 2.29. The Balaban J connectivity index is 1.30. The first kappa shape index (κ1) is 32.8. The largest absolute Gasteiger partial charge is 0.493 e. The number of carbonyl (C=O) groups is 2. The molecule has 0 saturated carbocycles. The van der Waals surface area contributed by atoms with Crippen LogP contribution in [0.2, 0.25) is 5.02 Å². The van der Waals surface area contributed by atoms with Crippen LogP contribution >= 0.6 is 11.6 Å². The van der Waals surface area contributed by atoms with Gasteiger partial charge in [-0.25, -0.2) is 9.78 Å². The van der Waals surface area contributed by atoms with Crippen molar-refractivity contribution in [2.45, 2.75) is 51.8 Å². The molecular formula is C33H45ClN6O5. The highest BCUT2D eigenvalue weighted by atomic mass is 35.5. The Hall–Kier alpha value is -3.54. The number of fused-ring (bicyclic) bond motifs is 1. The number of morpholine rings is 1. The average Bonchev–Trinajstić information content (AvgIpc) is 3.35. The van der Waals surface area contributed by atoms with Crippen LogP contribution in [0.3, 0.4) is 0 Å². The first-order chi connectivity index (χ1) is 21.8. The molecule has 45 heavy (non-hydrogen) atoms. The van der Waals surface area contributed by atoms with E-state index in [2.05, 4.69) is 16.8 Å². The number of hydrogen-bond acceptors (Lipinski definition) is 7. The third kappa shape index (κ3) is 7.82. The summed E-state index contributed by atoms with van der Waals surface area (Å²) in [6, 6.07) is 7.46. The molecule has 2 aliphatic rings. The molecule has 244 valence electrons. The maximum absolute atomic E-state index is 13.8. The van der Waals surface area contributed by atoms with Crippen molar-refractivity contribution >= 4 is 40.3 Å². The van der Waals surface area contributed by atoms with Crippen LogP contribution in [0.15, 0.2) is 36.7 Å². The quantitative estimate of drug-likeness (QED) is 0.246. The summed E-state index contributed by atoms with van der Waals surface area (Å²) < 4.78 is 19.2. The lowest BCUT2D eigenvalue weighted by atomic mass is 10.1. The number of aromatic nitrogens is 2. The van der Waals surface area contributed by atoms with Crippen molar-refractivity contribution in [3.63, 3.8) is 0 Å². The molecule has 0 unspecified atom stereocenters. The molecule has 0 N–H and O–H groups in total. The van der Waals surface area contributed by atoms with Crippen LogP contribution in [0.1, 0.15) is 38.2 Å². The lowest BCUT2D eigenvalue weighted by Crippen LogP contribution is -2.49. The van der Waals surface area contributed by atoms with Crippen LogP contribution < -0.4 is 14.4 Å². The van der Waals surface area contributed by atoms with E-state index in [1.54, 1.807) is 24.4 Å². The van der Waals surface area contributed by atoms with Crippen molar-refractivity contribution in [3.05, 3.63) is 47.2 Å². The summed E-state index contributed by atoms with van der Waals surface area (Å²) in [6.07, 6.45) is 7.45. The van der Waals surface area contributed by atoms with Gasteiger partial charge < -0.3 is 33.5 Å². The summed E-state index contributed by atoms with van der Waals surface area (Å²) in [6.45, 7) is 6.88. The van der Waals surface area contributed by atoms with Crippen molar-refractivity contribution in [2.24, 2.45) is 0 Å². The number of benzene rings is 1. The van der Waals surface area contributed by atoms with E-state index < -0.39 is 0 Å². The van der Waals surface area contributed by atoms with Gasteiger partial charge in [-0.3, -0.25) is 9.69 Å². The molecule has 1 aromatic carbocycles. The molecule has 5 rings (SSSR count). The Morgan fingerprint density at radius 2 is 2.00 bits per heavy atom. The monoisotopic (exact) mass is 640 g/mol. The van der Waals surface area contributed by atoms with Crippen LogP contribution in [-0.2, 0) is 22.6 Å². The number of urea groups is 1. The van der Waals surface area contributed by atoms with Gasteiger partial charge in [0.15, 0.2) is 11.5 Å².